The SMILES string of the molecule is Cc1cccc(N=c2scc(-c3ccccc3)n2Cc2ccco2)c1C. The van der Waals surface area contributed by atoms with Crippen molar-refractivity contribution in [1.29, 1.82) is 0 Å². The lowest BCUT2D eigenvalue weighted by molar-refractivity contribution is 0.492. The number of rotatable bonds is 4. The summed E-state index contributed by atoms with van der Waals surface area (Å²) in [5.41, 5.74) is 5.81. The Morgan fingerprint density at radius 3 is 2.58 bits per heavy atom. The van der Waals surface area contributed by atoms with Crippen LogP contribution in [0.15, 0.2) is 81.7 Å². The zero-order valence-corrected chi connectivity index (χ0v) is 15.7. The Balaban J connectivity index is 1.88. The smallest absolute Gasteiger partial charge is 0.190 e. The Bertz CT molecular complexity index is 1070. The number of aryl methyl sites for hydroxylation is 1. The predicted molar refractivity (Wildman–Crippen MR) is 107 cm³/mol. The summed E-state index contributed by atoms with van der Waals surface area (Å²) >= 11 is 1.66. The number of thiazole rings is 1. The van der Waals surface area contributed by atoms with E-state index in [1.807, 2.05) is 18.2 Å². The molecule has 3 nitrogen and oxygen atoms in total. The van der Waals surface area contributed by atoms with Gasteiger partial charge in [0.1, 0.15) is 5.76 Å². The molecule has 0 saturated heterocycles. The number of hydrogen-bond donors (Lipinski definition) is 0. The minimum Gasteiger partial charge on any atom is -0.467 e. The maximum atomic E-state index is 5.59. The Labute approximate surface area is 156 Å². The van der Waals surface area contributed by atoms with Gasteiger partial charge in [0.05, 0.1) is 24.2 Å². The summed E-state index contributed by atoms with van der Waals surface area (Å²) in [6, 6.07) is 20.6. The van der Waals surface area contributed by atoms with Gasteiger partial charge in [-0.3, -0.25) is 0 Å². The van der Waals surface area contributed by atoms with Gasteiger partial charge in [0.25, 0.3) is 0 Å². The molecule has 0 radical (unpaired) electrons. The van der Waals surface area contributed by atoms with Gasteiger partial charge in [-0.2, -0.15) is 0 Å². The summed E-state index contributed by atoms with van der Waals surface area (Å²) in [6.07, 6.45) is 1.71. The summed E-state index contributed by atoms with van der Waals surface area (Å²) in [7, 11) is 0. The Hall–Kier alpha value is -2.85. The van der Waals surface area contributed by atoms with Gasteiger partial charge in [-0.15, -0.1) is 11.3 Å². The van der Waals surface area contributed by atoms with Crippen molar-refractivity contribution in [3.8, 4) is 11.3 Å². The van der Waals surface area contributed by atoms with Crippen LogP contribution in [-0.4, -0.2) is 4.57 Å². The second-order valence-electron chi connectivity index (χ2n) is 6.27. The van der Waals surface area contributed by atoms with Crippen LogP contribution in [0.3, 0.4) is 0 Å². The lowest BCUT2D eigenvalue weighted by atomic mass is 10.1. The standard InChI is InChI=1S/C22H20N2OS/c1-16-8-6-12-20(17(16)2)23-22-24(14-19-11-7-13-25-19)21(15-26-22)18-9-4-3-5-10-18/h3-13,15H,14H2,1-2H3. The van der Waals surface area contributed by atoms with Gasteiger partial charge in [-0.25, -0.2) is 4.99 Å². The summed E-state index contributed by atoms with van der Waals surface area (Å²) in [4.78, 5) is 5.93. The molecule has 0 aliphatic heterocycles. The summed E-state index contributed by atoms with van der Waals surface area (Å²) in [6.45, 7) is 4.90. The lowest BCUT2D eigenvalue weighted by Crippen LogP contribution is -2.16. The van der Waals surface area contributed by atoms with Crippen molar-refractivity contribution in [3.05, 3.63) is 94.0 Å². The van der Waals surface area contributed by atoms with E-state index in [4.69, 9.17) is 9.41 Å². The zero-order valence-electron chi connectivity index (χ0n) is 14.8. The van der Waals surface area contributed by atoms with Crippen molar-refractivity contribution in [2.45, 2.75) is 20.4 Å². The Kier molecular flexibility index (Phi) is 4.59. The monoisotopic (exact) mass is 360 g/mol. The highest BCUT2D eigenvalue weighted by Crippen LogP contribution is 2.24. The summed E-state index contributed by atoms with van der Waals surface area (Å²) in [5.74, 6) is 0.919. The van der Waals surface area contributed by atoms with E-state index in [-0.39, 0.29) is 0 Å². The molecule has 0 bridgehead atoms. The molecule has 2 aromatic carbocycles. The summed E-state index contributed by atoms with van der Waals surface area (Å²) in [5, 5.41) is 2.17. The molecule has 130 valence electrons. The Morgan fingerprint density at radius 2 is 1.81 bits per heavy atom. The van der Waals surface area contributed by atoms with E-state index >= 15 is 0 Å². The number of benzene rings is 2. The van der Waals surface area contributed by atoms with Gasteiger partial charge in [0.2, 0.25) is 0 Å². The molecule has 4 rings (SSSR count). The first-order valence-corrected chi connectivity index (χ1v) is 9.47. The average Bonchev–Trinajstić information content (AvgIpc) is 3.31. The molecule has 0 aliphatic carbocycles. The van der Waals surface area contributed by atoms with Crippen LogP contribution in [0.25, 0.3) is 11.3 Å². The molecule has 0 spiro atoms. The van der Waals surface area contributed by atoms with E-state index in [1.165, 1.54) is 16.7 Å². The third-order valence-electron chi connectivity index (χ3n) is 4.55. The van der Waals surface area contributed by atoms with Crippen LogP contribution in [-0.2, 0) is 6.54 Å². The van der Waals surface area contributed by atoms with Crippen molar-refractivity contribution in [3.63, 3.8) is 0 Å². The van der Waals surface area contributed by atoms with Crippen LogP contribution in [0.2, 0.25) is 0 Å². The molecule has 0 fully saturated rings. The molecule has 0 saturated carbocycles. The molecule has 26 heavy (non-hydrogen) atoms. The molecule has 0 atom stereocenters. The maximum Gasteiger partial charge on any atom is 0.190 e. The quantitative estimate of drug-likeness (QED) is 0.459. The average molecular weight is 360 g/mol. The first-order chi connectivity index (χ1) is 12.7. The van der Waals surface area contributed by atoms with Gasteiger partial charge in [0.15, 0.2) is 4.80 Å². The molecule has 4 aromatic rings. The first-order valence-electron chi connectivity index (χ1n) is 8.59. The summed E-state index contributed by atoms with van der Waals surface area (Å²) < 4.78 is 7.81. The van der Waals surface area contributed by atoms with Gasteiger partial charge < -0.3 is 8.98 Å². The molecule has 0 amide bonds. The minimum atomic E-state index is 0.657. The number of hydrogen-bond acceptors (Lipinski definition) is 3. The first kappa shape index (κ1) is 16.6. The predicted octanol–water partition coefficient (Wildman–Crippen LogP) is 5.71. The van der Waals surface area contributed by atoms with E-state index in [0.717, 1.165) is 21.9 Å². The topological polar surface area (TPSA) is 30.4 Å². The highest BCUT2D eigenvalue weighted by molar-refractivity contribution is 7.07. The zero-order chi connectivity index (χ0) is 17.9. The Morgan fingerprint density at radius 1 is 0.962 bits per heavy atom. The fourth-order valence-corrected chi connectivity index (χ4v) is 3.85. The second-order valence-corrected chi connectivity index (χ2v) is 7.10. The van der Waals surface area contributed by atoms with Crippen LogP contribution in [0.5, 0.6) is 0 Å². The van der Waals surface area contributed by atoms with Gasteiger partial charge >= 0.3 is 0 Å². The van der Waals surface area contributed by atoms with E-state index in [9.17, 15) is 0 Å². The fraction of sp³-hybridized carbons (Fsp3) is 0.136. The van der Waals surface area contributed by atoms with E-state index in [1.54, 1.807) is 17.6 Å². The van der Waals surface area contributed by atoms with Crippen LogP contribution in [0.4, 0.5) is 5.69 Å². The molecular weight excluding hydrogens is 340 g/mol. The highest BCUT2D eigenvalue weighted by atomic mass is 32.1. The van der Waals surface area contributed by atoms with Crippen molar-refractivity contribution < 1.29 is 4.42 Å². The number of aromatic nitrogens is 1. The van der Waals surface area contributed by atoms with Crippen LogP contribution >= 0.6 is 11.3 Å². The maximum absolute atomic E-state index is 5.59. The van der Waals surface area contributed by atoms with Crippen molar-refractivity contribution in [1.82, 2.24) is 4.57 Å². The molecule has 2 aromatic heterocycles. The lowest BCUT2D eigenvalue weighted by Gasteiger charge is -2.08. The fourth-order valence-electron chi connectivity index (χ4n) is 2.93. The van der Waals surface area contributed by atoms with E-state index < -0.39 is 0 Å². The molecule has 0 unspecified atom stereocenters. The van der Waals surface area contributed by atoms with Crippen molar-refractivity contribution in [2.24, 2.45) is 4.99 Å². The van der Waals surface area contributed by atoms with Crippen LogP contribution in [0, 0.1) is 13.8 Å². The van der Waals surface area contributed by atoms with Crippen LogP contribution in [0.1, 0.15) is 16.9 Å². The number of nitrogens with zero attached hydrogens (tertiary/aromatic N) is 2. The van der Waals surface area contributed by atoms with Gasteiger partial charge in [-0.1, -0.05) is 42.5 Å². The third-order valence-corrected chi connectivity index (χ3v) is 5.42. The van der Waals surface area contributed by atoms with Gasteiger partial charge in [-0.05, 0) is 48.7 Å². The molecule has 0 aliphatic rings. The van der Waals surface area contributed by atoms with Crippen molar-refractivity contribution >= 4 is 17.0 Å². The number of furan rings is 1. The molecule has 4 heteroatoms. The minimum absolute atomic E-state index is 0.657. The third kappa shape index (κ3) is 3.28. The van der Waals surface area contributed by atoms with Crippen molar-refractivity contribution in [2.75, 3.05) is 0 Å². The molecule has 0 N–H and O–H groups in total. The highest BCUT2D eigenvalue weighted by Gasteiger charge is 2.10. The van der Waals surface area contributed by atoms with E-state index in [2.05, 4.69) is 66.3 Å². The van der Waals surface area contributed by atoms with Gasteiger partial charge in [0, 0.05) is 5.38 Å². The largest absolute Gasteiger partial charge is 0.467 e. The second kappa shape index (κ2) is 7.18. The molecule has 2 heterocycles. The van der Waals surface area contributed by atoms with E-state index in [0.29, 0.717) is 6.54 Å². The normalized spacial score (nSPS) is 11.8. The van der Waals surface area contributed by atoms with Crippen LogP contribution < -0.4 is 4.80 Å². The molecular formula is C22H20N2OS.